The number of benzene rings is 1. The third-order valence-corrected chi connectivity index (χ3v) is 4.05. The van der Waals surface area contributed by atoms with E-state index in [2.05, 4.69) is 10.0 Å². The van der Waals surface area contributed by atoms with E-state index in [9.17, 15) is 13.2 Å². The zero-order valence-corrected chi connectivity index (χ0v) is 11.8. The average molecular weight is 285 g/mol. The molecule has 0 heterocycles. The number of sulfonamides is 1. The third kappa shape index (κ3) is 4.62. The highest BCUT2D eigenvalue weighted by Crippen LogP contribution is 2.15. The predicted octanol–water partition coefficient (Wildman–Crippen LogP) is 0.518. The van der Waals surface area contributed by atoms with Crippen LogP contribution in [0.5, 0.6) is 0 Å². The Morgan fingerprint density at radius 1 is 1.42 bits per heavy atom. The van der Waals surface area contributed by atoms with E-state index in [1.165, 1.54) is 19.2 Å². The fourth-order valence-corrected chi connectivity index (χ4v) is 2.25. The number of nitrogens with one attached hydrogen (secondary N) is 2. The normalized spacial score (nSPS) is 13.0. The third-order valence-electron chi connectivity index (χ3n) is 2.63. The van der Waals surface area contributed by atoms with Crippen LogP contribution in [-0.4, -0.2) is 27.9 Å². The standard InChI is InChI=1S/C12H19N3O3S/c1-9(8-13)6-12(16)15-10-4-3-5-11(7-10)19(17,18)14-2/h3-5,7,9,14H,6,8,13H2,1-2H3,(H,15,16). The summed E-state index contributed by atoms with van der Waals surface area (Å²) in [6.07, 6.45) is 0.305. The molecule has 1 aromatic carbocycles. The van der Waals surface area contributed by atoms with Crippen molar-refractivity contribution < 1.29 is 13.2 Å². The lowest BCUT2D eigenvalue weighted by Gasteiger charge is -2.10. The van der Waals surface area contributed by atoms with Crippen molar-refractivity contribution in [2.75, 3.05) is 18.9 Å². The summed E-state index contributed by atoms with van der Waals surface area (Å²) in [5.41, 5.74) is 5.89. The second-order valence-electron chi connectivity index (χ2n) is 4.33. The summed E-state index contributed by atoms with van der Waals surface area (Å²) < 4.78 is 25.5. The molecule has 106 valence electrons. The lowest BCUT2D eigenvalue weighted by atomic mass is 10.1. The number of anilines is 1. The number of hydrogen-bond acceptors (Lipinski definition) is 4. The predicted molar refractivity (Wildman–Crippen MR) is 74.2 cm³/mol. The summed E-state index contributed by atoms with van der Waals surface area (Å²) in [7, 11) is -2.17. The van der Waals surface area contributed by atoms with E-state index in [1.807, 2.05) is 6.92 Å². The summed E-state index contributed by atoms with van der Waals surface area (Å²) in [6.45, 7) is 2.31. The first-order chi connectivity index (χ1) is 8.89. The van der Waals surface area contributed by atoms with E-state index in [-0.39, 0.29) is 16.7 Å². The first kappa shape index (κ1) is 15.6. The lowest BCUT2D eigenvalue weighted by molar-refractivity contribution is -0.116. The molecular formula is C12H19N3O3S. The van der Waals surface area contributed by atoms with Gasteiger partial charge >= 0.3 is 0 Å². The van der Waals surface area contributed by atoms with Crippen molar-refractivity contribution in [2.24, 2.45) is 11.7 Å². The van der Waals surface area contributed by atoms with Crippen LogP contribution in [0.25, 0.3) is 0 Å². The van der Waals surface area contributed by atoms with Crippen molar-refractivity contribution >= 4 is 21.6 Å². The number of carbonyl (C=O) groups is 1. The van der Waals surface area contributed by atoms with Crippen molar-refractivity contribution in [1.82, 2.24) is 4.72 Å². The second kappa shape index (κ2) is 6.65. The molecule has 1 aromatic rings. The van der Waals surface area contributed by atoms with Crippen LogP contribution in [0, 0.1) is 5.92 Å². The highest BCUT2D eigenvalue weighted by Gasteiger charge is 2.13. The van der Waals surface area contributed by atoms with Crippen LogP contribution < -0.4 is 15.8 Å². The van der Waals surface area contributed by atoms with Gasteiger partial charge in [0.05, 0.1) is 4.90 Å². The average Bonchev–Trinajstić information content (AvgIpc) is 2.38. The molecule has 0 saturated heterocycles. The molecule has 6 nitrogen and oxygen atoms in total. The Labute approximate surface area is 113 Å². The molecule has 1 atom stereocenters. The molecule has 19 heavy (non-hydrogen) atoms. The Balaban J connectivity index is 2.81. The summed E-state index contributed by atoms with van der Waals surface area (Å²) in [6, 6.07) is 6.09. The van der Waals surface area contributed by atoms with Gasteiger partial charge in [-0.1, -0.05) is 13.0 Å². The summed E-state index contributed by atoms with van der Waals surface area (Å²) in [4.78, 5) is 11.8. The molecule has 7 heteroatoms. The molecule has 0 saturated carbocycles. The van der Waals surface area contributed by atoms with Crippen molar-refractivity contribution in [3.63, 3.8) is 0 Å². The van der Waals surface area contributed by atoms with Crippen molar-refractivity contribution in [3.05, 3.63) is 24.3 Å². The zero-order valence-electron chi connectivity index (χ0n) is 11.0. The number of amides is 1. The molecule has 4 N–H and O–H groups in total. The zero-order chi connectivity index (χ0) is 14.5. The number of nitrogens with two attached hydrogens (primary N) is 1. The first-order valence-corrected chi connectivity index (χ1v) is 7.41. The Morgan fingerprint density at radius 3 is 2.68 bits per heavy atom. The van der Waals surface area contributed by atoms with Gasteiger partial charge in [0.15, 0.2) is 0 Å². The lowest BCUT2D eigenvalue weighted by Crippen LogP contribution is -2.21. The quantitative estimate of drug-likeness (QED) is 0.709. The fraction of sp³-hybridized carbons (Fsp3) is 0.417. The van der Waals surface area contributed by atoms with E-state index in [1.54, 1.807) is 12.1 Å². The molecule has 0 fully saturated rings. The smallest absolute Gasteiger partial charge is 0.240 e. The molecule has 1 rings (SSSR count). The maximum absolute atomic E-state index is 11.7. The van der Waals surface area contributed by atoms with Gasteiger partial charge in [-0.3, -0.25) is 4.79 Å². The van der Waals surface area contributed by atoms with Crippen LogP contribution in [0.1, 0.15) is 13.3 Å². The maximum atomic E-state index is 11.7. The van der Waals surface area contributed by atoms with Crippen molar-refractivity contribution in [2.45, 2.75) is 18.2 Å². The van der Waals surface area contributed by atoms with Gasteiger partial charge in [0.2, 0.25) is 15.9 Å². The largest absolute Gasteiger partial charge is 0.330 e. The molecule has 0 spiro atoms. The number of hydrogen-bond donors (Lipinski definition) is 3. The number of rotatable bonds is 6. The molecule has 0 aliphatic rings. The van der Waals surface area contributed by atoms with Gasteiger partial charge in [-0.15, -0.1) is 0 Å². The van der Waals surface area contributed by atoms with Crippen molar-refractivity contribution in [1.29, 1.82) is 0 Å². The Kier molecular flexibility index (Phi) is 5.46. The van der Waals surface area contributed by atoms with Crippen LogP contribution in [0.2, 0.25) is 0 Å². The minimum absolute atomic E-state index is 0.0872. The molecule has 0 radical (unpaired) electrons. The molecule has 0 aliphatic heterocycles. The van der Waals surface area contributed by atoms with Gasteiger partial charge in [0, 0.05) is 12.1 Å². The highest BCUT2D eigenvalue weighted by atomic mass is 32.2. The van der Waals surface area contributed by atoms with Gasteiger partial charge in [0.1, 0.15) is 0 Å². The van der Waals surface area contributed by atoms with Crippen LogP contribution in [0.4, 0.5) is 5.69 Å². The highest BCUT2D eigenvalue weighted by molar-refractivity contribution is 7.89. The van der Waals surface area contributed by atoms with Crippen LogP contribution in [-0.2, 0) is 14.8 Å². The summed E-state index contributed by atoms with van der Waals surface area (Å²) >= 11 is 0. The van der Waals surface area contributed by atoms with Crippen LogP contribution in [0.3, 0.4) is 0 Å². The molecule has 1 amide bonds. The minimum Gasteiger partial charge on any atom is -0.330 e. The fourth-order valence-electron chi connectivity index (χ4n) is 1.47. The van der Waals surface area contributed by atoms with Crippen LogP contribution in [0.15, 0.2) is 29.2 Å². The number of carbonyl (C=O) groups excluding carboxylic acids is 1. The maximum Gasteiger partial charge on any atom is 0.240 e. The topological polar surface area (TPSA) is 101 Å². The Hall–Kier alpha value is -1.44. The summed E-state index contributed by atoms with van der Waals surface area (Å²) in [5.74, 6) is -0.0961. The molecular weight excluding hydrogens is 266 g/mol. The van der Waals surface area contributed by atoms with E-state index < -0.39 is 10.0 Å². The first-order valence-electron chi connectivity index (χ1n) is 5.92. The minimum atomic E-state index is -3.51. The Bertz CT molecular complexity index is 543. The van der Waals surface area contributed by atoms with E-state index >= 15 is 0 Å². The van der Waals surface area contributed by atoms with Gasteiger partial charge in [0.25, 0.3) is 0 Å². The second-order valence-corrected chi connectivity index (χ2v) is 6.22. The van der Waals surface area contributed by atoms with Gasteiger partial charge < -0.3 is 11.1 Å². The van der Waals surface area contributed by atoms with Gasteiger partial charge in [-0.2, -0.15) is 0 Å². The molecule has 0 bridgehead atoms. The SMILES string of the molecule is CNS(=O)(=O)c1cccc(NC(=O)CC(C)CN)c1. The molecule has 0 aromatic heterocycles. The summed E-state index contributed by atoms with van der Waals surface area (Å²) in [5, 5.41) is 2.66. The van der Waals surface area contributed by atoms with Crippen LogP contribution >= 0.6 is 0 Å². The Morgan fingerprint density at radius 2 is 2.11 bits per heavy atom. The van der Waals surface area contributed by atoms with Gasteiger partial charge in [-0.05, 0) is 37.7 Å². The van der Waals surface area contributed by atoms with Gasteiger partial charge in [-0.25, -0.2) is 13.1 Å². The van der Waals surface area contributed by atoms with E-state index in [4.69, 9.17) is 5.73 Å². The van der Waals surface area contributed by atoms with Crippen molar-refractivity contribution in [3.8, 4) is 0 Å². The van der Waals surface area contributed by atoms with E-state index in [0.717, 1.165) is 0 Å². The van der Waals surface area contributed by atoms with E-state index in [0.29, 0.717) is 18.7 Å². The molecule has 0 aliphatic carbocycles. The molecule has 1 unspecified atom stereocenters. The monoisotopic (exact) mass is 285 g/mol.